The summed E-state index contributed by atoms with van der Waals surface area (Å²) in [5, 5.41) is 5.42. The molecule has 0 radical (unpaired) electrons. The van der Waals surface area contributed by atoms with Crippen LogP contribution in [0.1, 0.15) is 43.9 Å². The van der Waals surface area contributed by atoms with Crippen LogP contribution >= 0.6 is 0 Å². The molecular formula is C29H30F3N3O3. The predicted octanol–water partition coefficient (Wildman–Crippen LogP) is 6.28. The second-order valence-corrected chi connectivity index (χ2v) is 9.27. The summed E-state index contributed by atoms with van der Waals surface area (Å²) in [6, 6.07) is 15.7. The van der Waals surface area contributed by atoms with Gasteiger partial charge in [0.15, 0.2) is 0 Å². The van der Waals surface area contributed by atoms with Crippen molar-refractivity contribution in [3.05, 3.63) is 95.3 Å². The lowest BCUT2D eigenvalue weighted by atomic mass is 9.85. The minimum absolute atomic E-state index is 0.257. The van der Waals surface area contributed by atoms with Crippen LogP contribution in [-0.4, -0.2) is 36.7 Å². The molecule has 3 aromatic carbocycles. The van der Waals surface area contributed by atoms with Crippen LogP contribution in [0.4, 0.5) is 22.8 Å². The summed E-state index contributed by atoms with van der Waals surface area (Å²) in [7, 11) is 0. The minimum atomic E-state index is -1.02. The van der Waals surface area contributed by atoms with Gasteiger partial charge in [-0.1, -0.05) is 36.4 Å². The van der Waals surface area contributed by atoms with Crippen LogP contribution in [0.25, 0.3) is 11.1 Å². The smallest absolute Gasteiger partial charge is 0.411 e. The fraction of sp³-hybridized carbons (Fsp3) is 0.310. The Balaban J connectivity index is 1.49. The number of urea groups is 1. The van der Waals surface area contributed by atoms with E-state index < -0.39 is 29.1 Å². The van der Waals surface area contributed by atoms with E-state index in [0.29, 0.717) is 37.1 Å². The lowest BCUT2D eigenvalue weighted by Gasteiger charge is -2.43. The SMILES string of the molecule is CCNC(=O)NCC[C@@]1(c2ccc(F)cc2)CCN([C@@H](C)c2ccc(-c3ccc(F)cc3F)cc2)C(=O)O1. The molecule has 0 unspecified atom stereocenters. The summed E-state index contributed by atoms with van der Waals surface area (Å²) < 4.78 is 47.1. The van der Waals surface area contributed by atoms with Crippen molar-refractivity contribution in [1.29, 1.82) is 0 Å². The van der Waals surface area contributed by atoms with Crippen LogP contribution in [0.2, 0.25) is 0 Å². The van der Waals surface area contributed by atoms with Gasteiger partial charge in [0.25, 0.3) is 0 Å². The molecule has 1 aliphatic rings. The molecule has 2 N–H and O–H groups in total. The van der Waals surface area contributed by atoms with Gasteiger partial charge < -0.3 is 20.3 Å². The van der Waals surface area contributed by atoms with Gasteiger partial charge in [-0.05, 0) is 54.8 Å². The highest BCUT2D eigenvalue weighted by Gasteiger charge is 2.43. The van der Waals surface area contributed by atoms with E-state index in [1.54, 1.807) is 41.3 Å². The van der Waals surface area contributed by atoms with Gasteiger partial charge in [-0.15, -0.1) is 0 Å². The molecule has 0 aromatic heterocycles. The van der Waals surface area contributed by atoms with Gasteiger partial charge in [0, 0.05) is 44.1 Å². The van der Waals surface area contributed by atoms with E-state index in [4.69, 9.17) is 4.74 Å². The Morgan fingerprint density at radius 2 is 1.68 bits per heavy atom. The molecule has 1 saturated heterocycles. The lowest BCUT2D eigenvalue weighted by molar-refractivity contribution is -0.0647. The largest absolute Gasteiger partial charge is 0.438 e. The molecule has 2 atom stereocenters. The van der Waals surface area contributed by atoms with Gasteiger partial charge in [-0.3, -0.25) is 0 Å². The number of carbonyl (C=O) groups excluding carboxylic acids is 2. The maximum atomic E-state index is 14.2. The van der Waals surface area contributed by atoms with Crippen molar-refractivity contribution in [1.82, 2.24) is 15.5 Å². The van der Waals surface area contributed by atoms with Crippen molar-refractivity contribution in [3.63, 3.8) is 0 Å². The molecule has 9 heteroatoms. The van der Waals surface area contributed by atoms with Crippen LogP contribution in [0.5, 0.6) is 0 Å². The van der Waals surface area contributed by atoms with Gasteiger partial charge in [0.05, 0.1) is 6.04 Å². The maximum absolute atomic E-state index is 14.2. The Labute approximate surface area is 219 Å². The van der Waals surface area contributed by atoms with Crippen molar-refractivity contribution in [2.24, 2.45) is 0 Å². The molecule has 1 aliphatic heterocycles. The molecule has 1 heterocycles. The normalized spacial score (nSPS) is 18.0. The zero-order chi connectivity index (χ0) is 27.3. The van der Waals surface area contributed by atoms with Crippen molar-refractivity contribution >= 4 is 12.1 Å². The van der Waals surface area contributed by atoms with E-state index in [-0.39, 0.29) is 24.2 Å². The first-order chi connectivity index (χ1) is 18.2. The number of hydrogen-bond donors (Lipinski definition) is 2. The van der Waals surface area contributed by atoms with Gasteiger partial charge in [-0.25, -0.2) is 22.8 Å². The number of nitrogens with one attached hydrogen (secondary N) is 2. The summed E-state index contributed by atoms with van der Waals surface area (Å²) >= 11 is 0. The predicted molar refractivity (Wildman–Crippen MR) is 138 cm³/mol. The van der Waals surface area contributed by atoms with Crippen LogP contribution < -0.4 is 10.6 Å². The number of rotatable bonds is 8. The van der Waals surface area contributed by atoms with Crippen LogP contribution in [0.15, 0.2) is 66.7 Å². The summed E-state index contributed by atoms with van der Waals surface area (Å²) in [6.07, 6.45) is 0.228. The third-order valence-electron chi connectivity index (χ3n) is 6.90. The first kappa shape index (κ1) is 27.0. The van der Waals surface area contributed by atoms with E-state index in [1.807, 2.05) is 13.8 Å². The Hall–Kier alpha value is -4.01. The molecule has 38 heavy (non-hydrogen) atoms. The molecule has 0 bridgehead atoms. The molecule has 6 nitrogen and oxygen atoms in total. The molecule has 3 amide bonds. The summed E-state index contributed by atoms with van der Waals surface area (Å²) in [4.78, 5) is 26.7. The molecule has 3 aromatic rings. The van der Waals surface area contributed by atoms with Gasteiger partial charge >= 0.3 is 12.1 Å². The number of halogens is 3. The highest BCUT2D eigenvalue weighted by Crippen LogP contribution is 2.39. The Morgan fingerprint density at radius 3 is 2.32 bits per heavy atom. The molecular weight excluding hydrogens is 495 g/mol. The fourth-order valence-electron chi connectivity index (χ4n) is 4.74. The van der Waals surface area contributed by atoms with Crippen molar-refractivity contribution < 1.29 is 27.5 Å². The topological polar surface area (TPSA) is 70.7 Å². The number of ether oxygens (including phenoxy) is 1. The van der Waals surface area contributed by atoms with Crippen LogP contribution in [0, 0.1) is 17.5 Å². The third kappa shape index (κ3) is 5.93. The number of benzene rings is 3. The molecule has 4 rings (SSSR count). The average molecular weight is 526 g/mol. The molecule has 0 aliphatic carbocycles. The Bertz CT molecular complexity index is 1280. The maximum Gasteiger partial charge on any atom is 0.411 e. The van der Waals surface area contributed by atoms with Gasteiger partial charge in [0.1, 0.15) is 23.1 Å². The van der Waals surface area contributed by atoms with E-state index in [9.17, 15) is 22.8 Å². The van der Waals surface area contributed by atoms with Crippen LogP contribution in [-0.2, 0) is 10.3 Å². The number of hydrogen-bond acceptors (Lipinski definition) is 3. The first-order valence-corrected chi connectivity index (χ1v) is 12.5. The second-order valence-electron chi connectivity index (χ2n) is 9.27. The number of carbonyl (C=O) groups is 2. The van der Waals surface area contributed by atoms with Gasteiger partial charge in [0.2, 0.25) is 0 Å². The van der Waals surface area contributed by atoms with E-state index >= 15 is 0 Å². The average Bonchev–Trinajstić information content (AvgIpc) is 2.89. The third-order valence-corrected chi connectivity index (χ3v) is 6.90. The molecule has 1 fully saturated rings. The van der Waals surface area contributed by atoms with Crippen molar-refractivity contribution in [2.75, 3.05) is 19.6 Å². The zero-order valence-electron chi connectivity index (χ0n) is 21.3. The molecule has 200 valence electrons. The van der Waals surface area contributed by atoms with E-state index in [2.05, 4.69) is 10.6 Å². The second kappa shape index (κ2) is 11.6. The van der Waals surface area contributed by atoms with Gasteiger partial charge in [-0.2, -0.15) is 0 Å². The van der Waals surface area contributed by atoms with Crippen LogP contribution in [0.3, 0.4) is 0 Å². The van der Waals surface area contributed by atoms with E-state index in [1.165, 1.54) is 24.3 Å². The summed E-state index contributed by atoms with van der Waals surface area (Å²) in [5.74, 6) is -1.69. The zero-order valence-corrected chi connectivity index (χ0v) is 21.3. The quantitative estimate of drug-likeness (QED) is 0.364. The number of nitrogens with zero attached hydrogens (tertiary/aromatic N) is 1. The minimum Gasteiger partial charge on any atom is -0.438 e. The van der Waals surface area contributed by atoms with Crippen molar-refractivity contribution in [3.8, 4) is 11.1 Å². The number of cyclic esters (lactones) is 1. The first-order valence-electron chi connectivity index (χ1n) is 12.5. The number of amides is 3. The Morgan fingerprint density at radius 1 is 1.00 bits per heavy atom. The summed E-state index contributed by atoms with van der Waals surface area (Å²) in [6.45, 7) is 4.79. The standard InChI is InChI=1S/C29H30F3N3O3/c1-3-33-27(36)34-16-14-29(22-8-10-23(30)11-9-22)15-17-35(28(37)38-29)19(2)20-4-6-21(7-5-20)25-13-12-24(31)18-26(25)32/h4-13,18-19H,3,14-17H2,1-2H3,(H2,33,34,36)/t19-,29-/m0/s1. The summed E-state index contributed by atoms with van der Waals surface area (Å²) in [5.41, 5.74) is 1.33. The molecule has 0 spiro atoms. The van der Waals surface area contributed by atoms with Crippen molar-refractivity contribution in [2.45, 2.75) is 38.3 Å². The highest BCUT2D eigenvalue weighted by molar-refractivity contribution is 5.73. The lowest BCUT2D eigenvalue weighted by Crippen LogP contribution is -2.50. The monoisotopic (exact) mass is 525 g/mol. The highest BCUT2D eigenvalue weighted by atomic mass is 19.1. The molecule has 0 saturated carbocycles. The fourth-order valence-corrected chi connectivity index (χ4v) is 4.74. The van der Waals surface area contributed by atoms with E-state index in [0.717, 1.165) is 11.6 Å². The Kier molecular flexibility index (Phi) is 8.24.